The Morgan fingerprint density at radius 2 is 1.07 bits per heavy atom. The number of rotatable bonds is 1. The molecule has 0 aliphatic heterocycles. The second kappa shape index (κ2) is 7.07. The number of aryl methyl sites for hydroxylation is 2. The number of nitrogens with zero attached hydrogens (tertiary/aromatic N) is 2. The molecule has 6 rings (SSSR count). The average Bonchev–Trinajstić information content (AvgIpc) is 3.27. The number of hydrogen-bond donors (Lipinski definition) is 0. The van der Waals surface area contributed by atoms with Crippen LogP contribution in [0, 0.1) is 0 Å². The number of hydrogen-bond acceptors (Lipinski definition) is 0. The van der Waals surface area contributed by atoms with Crippen LogP contribution < -0.4 is 0 Å². The number of benzene rings is 4. The summed E-state index contributed by atoms with van der Waals surface area (Å²) in [4.78, 5) is 0. The zero-order valence-electron chi connectivity index (χ0n) is 18.0. The lowest BCUT2D eigenvalue weighted by Gasteiger charge is -2.07. The summed E-state index contributed by atoms with van der Waals surface area (Å²) in [6, 6.07) is 30.8. The van der Waals surface area contributed by atoms with Gasteiger partial charge in [-0.3, -0.25) is 0 Å². The second-order valence-electron chi connectivity index (χ2n) is 7.58. The molecule has 2 aromatic heterocycles. The zero-order chi connectivity index (χ0) is 20.8. The Morgan fingerprint density at radius 1 is 0.500 bits per heavy atom. The van der Waals surface area contributed by atoms with Gasteiger partial charge in [0.05, 0.1) is 0 Å². The van der Waals surface area contributed by atoms with Gasteiger partial charge in [-0.05, 0) is 35.4 Å². The molecule has 0 bridgehead atoms. The highest BCUT2D eigenvalue weighted by molar-refractivity contribution is 6.16. The van der Waals surface area contributed by atoms with Gasteiger partial charge in [0.1, 0.15) is 0 Å². The maximum absolute atomic E-state index is 2.34. The molecule has 2 heterocycles. The molecule has 148 valence electrons. The largest absolute Gasteiger partial charge is 0.344 e. The fourth-order valence-electron chi connectivity index (χ4n) is 4.78. The molecule has 0 atom stereocenters. The molecule has 0 aliphatic carbocycles. The van der Waals surface area contributed by atoms with Crippen molar-refractivity contribution in [3.63, 3.8) is 0 Å². The summed E-state index contributed by atoms with van der Waals surface area (Å²) in [6.45, 7) is 4.00. The van der Waals surface area contributed by atoms with E-state index in [1.165, 1.54) is 54.7 Å². The first-order valence-electron chi connectivity index (χ1n) is 10.7. The molecule has 0 saturated heterocycles. The van der Waals surface area contributed by atoms with E-state index in [9.17, 15) is 0 Å². The predicted molar refractivity (Wildman–Crippen MR) is 131 cm³/mol. The highest BCUT2D eigenvalue weighted by Gasteiger charge is 2.14. The van der Waals surface area contributed by atoms with Crippen LogP contribution >= 0.6 is 0 Å². The van der Waals surface area contributed by atoms with Crippen LogP contribution in [0.5, 0.6) is 0 Å². The van der Waals surface area contributed by atoms with Gasteiger partial charge < -0.3 is 9.13 Å². The summed E-state index contributed by atoms with van der Waals surface area (Å²) in [7, 11) is 4.31. The Kier molecular flexibility index (Phi) is 4.36. The Bertz CT molecular complexity index is 1530. The third-order valence-electron chi connectivity index (χ3n) is 6.16. The molecule has 0 saturated carbocycles. The minimum absolute atomic E-state index is 1.26. The second-order valence-corrected chi connectivity index (χ2v) is 7.58. The Labute approximate surface area is 177 Å². The van der Waals surface area contributed by atoms with E-state index in [2.05, 4.69) is 108 Å². The third kappa shape index (κ3) is 2.50. The maximum atomic E-state index is 2.34. The summed E-state index contributed by atoms with van der Waals surface area (Å²) in [6.07, 6.45) is 0. The van der Waals surface area contributed by atoms with Gasteiger partial charge in [-0.25, -0.2) is 0 Å². The summed E-state index contributed by atoms with van der Waals surface area (Å²) < 4.78 is 4.60. The third-order valence-corrected chi connectivity index (χ3v) is 6.16. The molecule has 4 aromatic carbocycles. The number of para-hydroxylation sites is 2. The van der Waals surface area contributed by atoms with Crippen molar-refractivity contribution in [1.82, 2.24) is 9.13 Å². The molecule has 2 heteroatoms. The summed E-state index contributed by atoms with van der Waals surface area (Å²) in [5.41, 5.74) is 7.65. The molecule has 0 radical (unpaired) electrons. The quantitative estimate of drug-likeness (QED) is 0.273. The van der Waals surface area contributed by atoms with E-state index >= 15 is 0 Å². The van der Waals surface area contributed by atoms with Crippen LogP contribution in [0.3, 0.4) is 0 Å². The Balaban J connectivity index is 0.000000937. The van der Waals surface area contributed by atoms with E-state index in [1.807, 2.05) is 13.8 Å². The topological polar surface area (TPSA) is 9.86 Å². The van der Waals surface area contributed by atoms with Gasteiger partial charge in [-0.2, -0.15) is 0 Å². The molecule has 2 nitrogen and oxygen atoms in total. The molecular formula is C28H26N2. The molecule has 6 aromatic rings. The van der Waals surface area contributed by atoms with E-state index < -0.39 is 0 Å². The van der Waals surface area contributed by atoms with E-state index in [4.69, 9.17) is 0 Å². The van der Waals surface area contributed by atoms with Gasteiger partial charge in [0.15, 0.2) is 0 Å². The summed E-state index contributed by atoms with van der Waals surface area (Å²) in [5.74, 6) is 0. The number of aromatic nitrogens is 2. The van der Waals surface area contributed by atoms with Crippen molar-refractivity contribution in [2.45, 2.75) is 13.8 Å². The van der Waals surface area contributed by atoms with Gasteiger partial charge in [-0.15, -0.1) is 0 Å². The molecule has 0 aliphatic rings. The normalized spacial score (nSPS) is 11.3. The fraction of sp³-hybridized carbons (Fsp3) is 0.143. The number of fused-ring (bicyclic) bond motifs is 6. The lowest BCUT2D eigenvalue weighted by atomic mass is 9.98. The Hall–Kier alpha value is -3.52. The van der Waals surface area contributed by atoms with Gasteiger partial charge >= 0.3 is 0 Å². The van der Waals surface area contributed by atoms with Crippen molar-refractivity contribution >= 4 is 43.6 Å². The van der Waals surface area contributed by atoms with Crippen molar-refractivity contribution in [3.05, 3.63) is 84.9 Å². The lowest BCUT2D eigenvalue weighted by molar-refractivity contribution is 1.01. The first-order chi connectivity index (χ1) is 14.7. The minimum atomic E-state index is 1.26. The van der Waals surface area contributed by atoms with Crippen molar-refractivity contribution in [3.8, 4) is 11.1 Å². The average molecular weight is 391 g/mol. The predicted octanol–water partition coefficient (Wildman–Crippen LogP) is 7.67. The van der Waals surface area contributed by atoms with E-state index in [1.54, 1.807) is 0 Å². The van der Waals surface area contributed by atoms with Gasteiger partial charge in [0, 0.05) is 57.7 Å². The van der Waals surface area contributed by atoms with E-state index in [-0.39, 0.29) is 0 Å². The molecule has 0 N–H and O–H groups in total. The van der Waals surface area contributed by atoms with Crippen LogP contribution in [0.25, 0.3) is 54.7 Å². The van der Waals surface area contributed by atoms with Gasteiger partial charge in [-0.1, -0.05) is 74.5 Å². The fourth-order valence-corrected chi connectivity index (χ4v) is 4.78. The highest BCUT2D eigenvalue weighted by Crippen LogP contribution is 2.38. The van der Waals surface area contributed by atoms with Gasteiger partial charge in [0.2, 0.25) is 0 Å². The van der Waals surface area contributed by atoms with E-state index in [0.717, 1.165) is 0 Å². The van der Waals surface area contributed by atoms with Gasteiger partial charge in [0.25, 0.3) is 0 Å². The van der Waals surface area contributed by atoms with Crippen LogP contribution in [0.4, 0.5) is 0 Å². The van der Waals surface area contributed by atoms with Crippen LogP contribution in [0.15, 0.2) is 84.9 Å². The SMILES string of the molecule is CC.Cn1c2ccccc2c2ccc(-c3cccc4c3c3ccccc3n4C)cc21. The molecular weight excluding hydrogens is 364 g/mol. The molecule has 0 unspecified atom stereocenters. The van der Waals surface area contributed by atoms with Crippen LogP contribution in [-0.2, 0) is 14.1 Å². The van der Waals surface area contributed by atoms with Crippen LogP contribution in [0.1, 0.15) is 13.8 Å². The maximum Gasteiger partial charge on any atom is 0.0495 e. The van der Waals surface area contributed by atoms with Crippen LogP contribution in [0.2, 0.25) is 0 Å². The standard InChI is InChI=1S/C26H20N2.C2H6/c1-27-23-12-6-4-9-21(23)26-18(10-7-13-24(26)27)17-14-15-20-19-8-3-5-11-22(19)28(2)25(20)16-17;1-2/h3-16H,1-2H3;1-2H3. The van der Waals surface area contributed by atoms with Crippen molar-refractivity contribution < 1.29 is 0 Å². The molecule has 0 spiro atoms. The highest BCUT2D eigenvalue weighted by atomic mass is 14.9. The smallest absolute Gasteiger partial charge is 0.0495 e. The molecule has 0 amide bonds. The summed E-state index contributed by atoms with van der Waals surface area (Å²) in [5, 5.41) is 5.27. The Morgan fingerprint density at radius 3 is 1.83 bits per heavy atom. The van der Waals surface area contributed by atoms with Crippen LogP contribution in [-0.4, -0.2) is 9.13 Å². The minimum Gasteiger partial charge on any atom is -0.344 e. The lowest BCUT2D eigenvalue weighted by Crippen LogP contribution is -1.88. The first kappa shape index (κ1) is 18.5. The molecule has 0 fully saturated rings. The summed E-state index contributed by atoms with van der Waals surface area (Å²) >= 11 is 0. The van der Waals surface area contributed by atoms with E-state index in [0.29, 0.717) is 0 Å². The first-order valence-corrected chi connectivity index (χ1v) is 10.7. The zero-order valence-corrected chi connectivity index (χ0v) is 18.0. The monoisotopic (exact) mass is 390 g/mol. The molecule has 30 heavy (non-hydrogen) atoms. The van der Waals surface area contributed by atoms with Crippen molar-refractivity contribution in [2.75, 3.05) is 0 Å². The van der Waals surface area contributed by atoms with Crippen molar-refractivity contribution in [1.29, 1.82) is 0 Å². The van der Waals surface area contributed by atoms with Crippen molar-refractivity contribution in [2.24, 2.45) is 14.1 Å².